The fourth-order valence-electron chi connectivity index (χ4n) is 1.39. The highest BCUT2D eigenvalue weighted by atomic mass is 79.9. The Bertz CT molecular complexity index is 596. The van der Waals surface area contributed by atoms with Crippen molar-refractivity contribution >= 4 is 15.9 Å². The number of halogens is 5. The van der Waals surface area contributed by atoms with Crippen LogP contribution >= 0.6 is 15.9 Å². The van der Waals surface area contributed by atoms with Crippen molar-refractivity contribution in [2.75, 3.05) is 0 Å². The highest BCUT2D eigenvalue weighted by Gasteiger charge is 2.30. The second-order valence-corrected chi connectivity index (χ2v) is 4.55. The molecule has 0 aliphatic carbocycles. The summed E-state index contributed by atoms with van der Waals surface area (Å²) >= 11 is 3.00. The van der Waals surface area contributed by atoms with E-state index < -0.39 is 12.2 Å². The van der Waals surface area contributed by atoms with Crippen molar-refractivity contribution in [2.24, 2.45) is 0 Å². The minimum absolute atomic E-state index is 0.232. The SMILES string of the molecule is Fc1cc(Oc2ccc(OC(F)(F)F)cc2)ccc1Br. The predicted molar refractivity (Wildman–Crippen MR) is 67.3 cm³/mol. The number of ether oxygens (including phenoxy) is 2. The van der Waals surface area contributed by atoms with Crippen LogP contribution in [0.2, 0.25) is 0 Å². The number of hydrogen-bond acceptors (Lipinski definition) is 2. The molecule has 0 N–H and O–H groups in total. The van der Waals surface area contributed by atoms with Gasteiger partial charge < -0.3 is 9.47 Å². The highest BCUT2D eigenvalue weighted by Crippen LogP contribution is 2.28. The quantitative estimate of drug-likeness (QED) is 0.701. The van der Waals surface area contributed by atoms with Crippen molar-refractivity contribution in [3.05, 3.63) is 52.8 Å². The fraction of sp³-hybridized carbons (Fsp3) is 0.0769. The largest absolute Gasteiger partial charge is 0.573 e. The fourth-order valence-corrected chi connectivity index (χ4v) is 1.63. The zero-order valence-electron chi connectivity index (χ0n) is 9.75. The van der Waals surface area contributed by atoms with Gasteiger partial charge in [0.15, 0.2) is 0 Å². The van der Waals surface area contributed by atoms with Crippen molar-refractivity contribution in [1.29, 1.82) is 0 Å². The molecule has 2 aromatic carbocycles. The Labute approximate surface area is 120 Å². The molecule has 2 rings (SSSR count). The molecule has 0 saturated carbocycles. The van der Waals surface area contributed by atoms with Gasteiger partial charge in [0.05, 0.1) is 4.47 Å². The summed E-state index contributed by atoms with van der Waals surface area (Å²) in [4.78, 5) is 0. The lowest BCUT2D eigenvalue weighted by Crippen LogP contribution is -2.16. The van der Waals surface area contributed by atoms with Crippen LogP contribution in [-0.2, 0) is 0 Å². The maximum absolute atomic E-state index is 13.3. The molecule has 0 aromatic heterocycles. The summed E-state index contributed by atoms with van der Waals surface area (Å²) in [6, 6.07) is 8.95. The lowest BCUT2D eigenvalue weighted by Gasteiger charge is -2.10. The Hall–Kier alpha value is -1.76. The normalized spacial score (nSPS) is 11.2. The van der Waals surface area contributed by atoms with Gasteiger partial charge in [-0.15, -0.1) is 13.2 Å². The third-order valence-electron chi connectivity index (χ3n) is 2.18. The van der Waals surface area contributed by atoms with Crippen molar-refractivity contribution < 1.29 is 27.0 Å². The monoisotopic (exact) mass is 350 g/mol. The molecule has 106 valence electrons. The van der Waals surface area contributed by atoms with Gasteiger partial charge in [-0.2, -0.15) is 0 Å². The van der Waals surface area contributed by atoms with E-state index >= 15 is 0 Å². The topological polar surface area (TPSA) is 18.5 Å². The molecular formula is C13H7BrF4O2. The summed E-state index contributed by atoms with van der Waals surface area (Å²) in [5.74, 6) is -0.359. The number of hydrogen-bond donors (Lipinski definition) is 0. The molecule has 2 nitrogen and oxygen atoms in total. The highest BCUT2D eigenvalue weighted by molar-refractivity contribution is 9.10. The molecular weight excluding hydrogens is 344 g/mol. The second-order valence-electron chi connectivity index (χ2n) is 3.70. The van der Waals surface area contributed by atoms with Gasteiger partial charge in [-0.3, -0.25) is 0 Å². The third-order valence-corrected chi connectivity index (χ3v) is 2.83. The van der Waals surface area contributed by atoms with Gasteiger partial charge in [0.1, 0.15) is 23.1 Å². The first-order chi connectivity index (χ1) is 9.33. The van der Waals surface area contributed by atoms with E-state index in [0.717, 1.165) is 18.2 Å². The summed E-state index contributed by atoms with van der Waals surface area (Å²) in [5.41, 5.74) is 0. The van der Waals surface area contributed by atoms with E-state index in [4.69, 9.17) is 4.74 Å². The molecule has 7 heteroatoms. The van der Waals surface area contributed by atoms with E-state index in [1.54, 1.807) is 0 Å². The molecule has 0 aliphatic rings. The lowest BCUT2D eigenvalue weighted by molar-refractivity contribution is -0.274. The van der Waals surface area contributed by atoms with Crippen LogP contribution in [0.3, 0.4) is 0 Å². The molecule has 0 saturated heterocycles. The first-order valence-electron chi connectivity index (χ1n) is 5.32. The molecule has 0 radical (unpaired) electrons. The Morgan fingerprint density at radius 2 is 1.40 bits per heavy atom. The Morgan fingerprint density at radius 3 is 1.95 bits per heavy atom. The molecule has 0 spiro atoms. The van der Waals surface area contributed by atoms with Gasteiger partial charge in [-0.1, -0.05) is 0 Å². The molecule has 2 aromatic rings. The first kappa shape index (κ1) is 14.6. The minimum Gasteiger partial charge on any atom is -0.457 e. The maximum atomic E-state index is 13.3. The van der Waals surface area contributed by atoms with Gasteiger partial charge in [0.25, 0.3) is 0 Å². The van der Waals surface area contributed by atoms with Gasteiger partial charge in [0, 0.05) is 6.07 Å². The van der Waals surface area contributed by atoms with Gasteiger partial charge >= 0.3 is 6.36 Å². The van der Waals surface area contributed by atoms with Crippen molar-refractivity contribution in [1.82, 2.24) is 0 Å². The van der Waals surface area contributed by atoms with Crippen molar-refractivity contribution in [2.45, 2.75) is 6.36 Å². The van der Waals surface area contributed by atoms with Crippen LogP contribution in [0.5, 0.6) is 17.2 Å². The molecule has 0 atom stereocenters. The molecule has 0 unspecified atom stereocenters. The van der Waals surface area contributed by atoms with E-state index in [-0.39, 0.29) is 17.2 Å². The molecule has 0 aliphatic heterocycles. The first-order valence-corrected chi connectivity index (χ1v) is 6.11. The van der Waals surface area contributed by atoms with E-state index in [0.29, 0.717) is 4.47 Å². The molecule has 0 heterocycles. The molecule has 0 fully saturated rings. The average molecular weight is 351 g/mol. The van der Waals surface area contributed by atoms with Crippen LogP contribution in [0.25, 0.3) is 0 Å². The summed E-state index contributed by atoms with van der Waals surface area (Å²) in [7, 11) is 0. The van der Waals surface area contributed by atoms with Crippen LogP contribution in [0.15, 0.2) is 46.9 Å². The van der Waals surface area contributed by atoms with Crippen LogP contribution in [0.4, 0.5) is 17.6 Å². The Morgan fingerprint density at radius 1 is 0.850 bits per heavy atom. The van der Waals surface area contributed by atoms with Crippen molar-refractivity contribution in [3.63, 3.8) is 0 Å². The van der Waals surface area contributed by atoms with E-state index in [1.165, 1.54) is 24.3 Å². The standard InChI is InChI=1S/C13H7BrF4O2/c14-11-6-5-10(7-12(11)15)19-8-1-3-9(4-2-8)20-13(16,17)18/h1-7H. The zero-order chi connectivity index (χ0) is 14.8. The maximum Gasteiger partial charge on any atom is 0.573 e. The van der Waals surface area contributed by atoms with Crippen LogP contribution in [0, 0.1) is 5.82 Å². The van der Waals surface area contributed by atoms with Crippen LogP contribution in [-0.4, -0.2) is 6.36 Å². The second kappa shape index (κ2) is 5.70. The molecule has 0 amide bonds. The van der Waals surface area contributed by atoms with Crippen LogP contribution < -0.4 is 9.47 Å². The zero-order valence-corrected chi connectivity index (χ0v) is 11.3. The lowest BCUT2D eigenvalue weighted by atomic mass is 10.3. The number of rotatable bonds is 3. The summed E-state index contributed by atoms with van der Waals surface area (Å²) < 4.78 is 58.5. The van der Waals surface area contributed by atoms with Gasteiger partial charge in [-0.05, 0) is 52.3 Å². The number of benzene rings is 2. The minimum atomic E-state index is -4.74. The summed E-state index contributed by atoms with van der Waals surface area (Å²) in [6.45, 7) is 0. The molecule has 20 heavy (non-hydrogen) atoms. The van der Waals surface area contributed by atoms with E-state index in [9.17, 15) is 17.6 Å². The third kappa shape index (κ3) is 4.12. The predicted octanol–water partition coefficient (Wildman–Crippen LogP) is 5.28. The molecule has 0 bridgehead atoms. The Balaban J connectivity index is 2.08. The average Bonchev–Trinajstić information content (AvgIpc) is 2.35. The summed E-state index contributed by atoms with van der Waals surface area (Å²) in [5, 5.41) is 0. The van der Waals surface area contributed by atoms with E-state index in [1.807, 2.05) is 0 Å². The van der Waals surface area contributed by atoms with Crippen molar-refractivity contribution in [3.8, 4) is 17.2 Å². The summed E-state index contributed by atoms with van der Waals surface area (Å²) in [6.07, 6.45) is -4.74. The number of alkyl halides is 3. The smallest absolute Gasteiger partial charge is 0.457 e. The van der Waals surface area contributed by atoms with Gasteiger partial charge in [-0.25, -0.2) is 4.39 Å². The van der Waals surface area contributed by atoms with Crippen LogP contribution in [0.1, 0.15) is 0 Å². The Kier molecular flexibility index (Phi) is 4.17. The van der Waals surface area contributed by atoms with Gasteiger partial charge in [0.2, 0.25) is 0 Å². The van der Waals surface area contributed by atoms with E-state index in [2.05, 4.69) is 20.7 Å².